The van der Waals surface area contributed by atoms with Crippen molar-refractivity contribution in [2.24, 2.45) is 0 Å². The van der Waals surface area contributed by atoms with Gasteiger partial charge in [-0.05, 0) is 0 Å². The molecule has 0 aromatic heterocycles. The molecule has 1 radical (unpaired) electrons. The van der Waals surface area contributed by atoms with E-state index in [1.165, 1.54) is 16.4 Å². The number of alkyl halides is 6. The average Bonchev–Trinajstić information content (AvgIpc) is 2.68. The van der Waals surface area contributed by atoms with Crippen molar-refractivity contribution in [2.75, 3.05) is 0 Å². The van der Waals surface area contributed by atoms with Crippen LogP contribution in [0.25, 0.3) is 0 Å². The number of rotatable bonds is 5. The molecule has 3 aromatic carbocycles. The van der Waals surface area contributed by atoms with Gasteiger partial charge >= 0.3 is 188 Å². The van der Waals surface area contributed by atoms with Crippen LogP contribution in [0.4, 0.5) is 26.3 Å². The average molecular weight is 546 g/mol. The standard InChI is InChI=1S/C23H18BF6I/c1-14(2)15-3-7-20(8-4-15)31-21-9-5-18(6-10-21)24-19-12-16(22(25,26)27)11-17(13-19)23(28,29)30/h3-14H,1-2H3/q-1. The number of halogens is 7. The minimum absolute atomic E-state index is 0.134. The fourth-order valence-corrected chi connectivity index (χ4v) is 5.07. The summed E-state index contributed by atoms with van der Waals surface area (Å²) in [5, 5.41) is 0. The van der Waals surface area contributed by atoms with Gasteiger partial charge in [-0.25, -0.2) is 0 Å². The van der Waals surface area contributed by atoms with Crippen LogP contribution >= 0.6 is 0 Å². The van der Waals surface area contributed by atoms with E-state index in [0.29, 0.717) is 11.4 Å². The van der Waals surface area contributed by atoms with E-state index in [1.807, 2.05) is 12.1 Å². The zero-order valence-electron chi connectivity index (χ0n) is 16.7. The monoisotopic (exact) mass is 546 g/mol. The Morgan fingerprint density at radius 3 is 1.52 bits per heavy atom. The van der Waals surface area contributed by atoms with Gasteiger partial charge in [-0.15, -0.1) is 0 Å². The number of hydrogen-bond donors (Lipinski definition) is 0. The molecule has 3 rings (SSSR count). The first kappa shape index (κ1) is 23.7. The summed E-state index contributed by atoms with van der Waals surface area (Å²) in [5.41, 5.74) is -0.983. The van der Waals surface area contributed by atoms with Crippen LogP contribution < -0.4 is 32.1 Å². The molecular formula is C23H18BF6I-. The fourth-order valence-electron chi connectivity index (χ4n) is 2.91. The molecule has 0 N–H and O–H groups in total. The van der Waals surface area contributed by atoms with Crippen molar-refractivity contribution in [3.63, 3.8) is 0 Å². The third-order valence-electron chi connectivity index (χ3n) is 4.57. The van der Waals surface area contributed by atoms with Crippen LogP contribution in [0.15, 0.2) is 66.7 Å². The first-order valence-corrected chi connectivity index (χ1v) is 11.6. The van der Waals surface area contributed by atoms with Gasteiger partial charge in [0.2, 0.25) is 0 Å². The number of hydrogen-bond acceptors (Lipinski definition) is 0. The summed E-state index contributed by atoms with van der Waals surface area (Å²) in [7, 11) is 1.32. The SMILES string of the molecule is CC(C)c1ccc([I-]c2ccc([B]c3cc(C(F)(F)F)cc(C(F)(F)F)c3)cc2)cc1. The van der Waals surface area contributed by atoms with Crippen LogP contribution in [0.3, 0.4) is 0 Å². The molecule has 0 amide bonds. The first-order valence-electron chi connectivity index (χ1n) is 9.41. The zero-order chi connectivity index (χ0) is 22.8. The Bertz CT molecular complexity index is 990. The molecule has 0 atom stereocenters. The van der Waals surface area contributed by atoms with Crippen LogP contribution in [0, 0.1) is 7.14 Å². The molecule has 31 heavy (non-hydrogen) atoms. The molecule has 0 aliphatic carbocycles. The van der Waals surface area contributed by atoms with E-state index in [0.717, 1.165) is 15.7 Å². The van der Waals surface area contributed by atoms with Gasteiger partial charge in [0.25, 0.3) is 0 Å². The summed E-state index contributed by atoms with van der Waals surface area (Å²) < 4.78 is 80.5. The third-order valence-corrected chi connectivity index (χ3v) is 7.25. The van der Waals surface area contributed by atoms with Gasteiger partial charge in [0.05, 0.1) is 0 Å². The van der Waals surface area contributed by atoms with E-state index in [1.54, 1.807) is 12.1 Å². The quantitative estimate of drug-likeness (QED) is 0.263. The van der Waals surface area contributed by atoms with Crippen LogP contribution in [-0.4, -0.2) is 7.28 Å². The Morgan fingerprint density at radius 1 is 0.645 bits per heavy atom. The maximum absolute atomic E-state index is 13.0. The summed E-state index contributed by atoms with van der Waals surface area (Å²) in [6, 6.07) is 17.2. The van der Waals surface area contributed by atoms with E-state index in [9.17, 15) is 26.3 Å². The molecule has 0 bridgehead atoms. The Hall–Kier alpha value is -1.97. The second-order valence-electron chi connectivity index (χ2n) is 7.34. The molecule has 8 heteroatoms. The molecule has 0 heterocycles. The Morgan fingerprint density at radius 2 is 1.10 bits per heavy atom. The molecule has 0 saturated carbocycles. The zero-order valence-corrected chi connectivity index (χ0v) is 18.8. The summed E-state index contributed by atoms with van der Waals surface area (Å²) in [5.74, 6) is 0.454. The van der Waals surface area contributed by atoms with Gasteiger partial charge in [-0.2, -0.15) is 0 Å². The Labute approximate surface area is 188 Å². The normalized spacial score (nSPS) is 12.4. The van der Waals surface area contributed by atoms with Crippen molar-refractivity contribution in [1.29, 1.82) is 0 Å². The molecule has 0 spiro atoms. The summed E-state index contributed by atoms with van der Waals surface area (Å²) >= 11 is -0.431. The Balaban J connectivity index is 1.77. The van der Waals surface area contributed by atoms with Crippen molar-refractivity contribution in [2.45, 2.75) is 32.1 Å². The van der Waals surface area contributed by atoms with E-state index in [-0.39, 0.29) is 11.5 Å². The van der Waals surface area contributed by atoms with Gasteiger partial charge in [-0.3, -0.25) is 0 Å². The van der Waals surface area contributed by atoms with Crippen molar-refractivity contribution >= 4 is 18.2 Å². The van der Waals surface area contributed by atoms with Crippen molar-refractivity contribution in [1.82, 2.24) is 0 Å². The molecule has 0 saturated heterocycles. The summed E-state index contributed by atoms with van der Waals surface area (Å²) in [6.07, 6.45) is -9.72. The van der Waals surface area contributed by atoms with E-state index < -0.39 is 44.7 Å². The van der Waals surface area contributed by atoms with E-state index >= 15 is 0 Å². The van der Waals surface area contributed by atoms with E-state index in [2.05, 4.69) is 38.1 Å². The Kier molecular flexibility index (Phi) is 7.08. The summed E-state index contributed by atoms with van der Waals surface area (Å²) in [6.45, 7) is 4.25. The molecule has 163 valence electrons. The molecule has 0 aliphatic heterocycles. The van der Waals surface area contributed by atoms with E-state index in [4.69, 9.17) is 0 Å². The molecular weight excluding hydrogens is 528 g/mol. The predicted octanol–water partition coefficient (Wildman–Crippen LogP) is 2.63. The third kappa shape index (κ3) is 6.51. The molecule has 0 unspecified atom stereocenters. The van der Waals surface area contributed by atoms with Gasteiger partial charge < -0.3 is 0 Å². The maximum atomic E-state index is 13.0. The fraction of sp³-hybridized carbons (Fsp3) is 0.217. The molecule has 0 nitrogen and oxygen atoms in total. The summed E-state index contributed by atoms with van der Waals surface area (Å²) in [4.78, 5) is 0. The first-order chi connectivity index (χ1) is 14.4. The van der Waals surface area contributed by atoms with Crippen LogP contribution in [0.5, 0.6) is 0 Å². The molecule has 0 aliphatic rings. The predicted molar refractivity (Wildman–Crippen MR) is 106 cm³/mol. The second-order valence-corrected chi connectivity index (χ2v) is 10.4. The van der Waals surface area contributed by atoms with Crippen LogP contribution in [0.2, 0.25) is 0 Å². The number of benzene rings is 3. The van der Waals surface area contributed by atoms with Crippen molar-refractivity contribution < 1.29 is 47.5 Å². The topological polar surface area (TPSA) is 0 Å². The van der Waals surface area contributed by atoms with Gasteiger partial charge in [-0.1, -0.05) is 0 Å². The van der Waals surface area contributed by atoms with Crippen molar-refractivity contribution in [3.05, 3.63) is 90.6 Å². The van der Waals surface area contributed by atoms with Crippen LogP contribution in [0.1, 0.15) is 36.5 Å². The second kappa shape index (κ2) is 9.26. The molecule has 3 aromatic rings. The van der Waals surface area contributed by atoms with Gasteiger partial charge in [0.1, 0.15) is 0 Å². The minimum atomic E-state index is -4.86. The van der Waals surface area contributed by atoms with Gasteiger partial charge in [0.15, 0.2) is 0 Å². The molecule has 0 fully saturated rings. The van der Waals surface area contributed by atoms with Crippen LogP contribution in [-0.2, 0) is 12.4 Å². The van der Waals surface area contributed by atoms with Gasteiger partial charge in [0, 0.05) is 0 Å². The van der Waals surface area contributed by atoms with Crippen molar-refractivity contribution in [3.8, 4) is 0 Å².